The Kier molecular flexibility index (Phi) is 2.82. The second-order valence-corrected chi connectivity index (χ2v) is 5.16. The molecule has 2 aromatic heterocycles. The zero-order valence-electron chi connectivity index (χ0n) is 10.9. The van der Waals surface area contributed by atoms with Crippen molar-refractivity contribution < 1.29 is 14.9 Å². The largest absolute Gasteiger partial charge is 0.394 e. The van der Waals surface area contributed by atoms with Gasteiger partial charge in [0.05, 0.1) is 18.1 Å². The van der Waals surface area contributed by atoms with E-state index in [2.05, 4.69) is 9.97 Å². The number of rotatable bonds is 2. The molecule has 0 saturated carbocycles. The van der Waals surface area contributed by atoms with Crippen LogP contribution in [0.25, 0.3) is 11.0 Å². The van der Waals surface area contributed by atoms with Crippen LogP contribution < -0.4 is 11.3 Å². The Morgan fingerprint density at radius 2 is 2.45 bits per heavy atom. The normalized spacial score (nSPS) is 30.1. The summed E-state index contributed by atoms with van der Waals surface area (Å²) in [5.74, 6) is 0.0169. The maximum Gasteiger partial charge on any atom is 0.261 e. The molecule has 3 atom stereocenters. The minimum absolute atomic E-state index is 0.0169. The topological polar surface area (TPSA) is 126 Å². The van der Waals surface area contributed by atoms with E-state index in [9.17, 15) is 15.0 Å². The number of H-pyrrole nitrogens is 1. The fourth-order valence-corrected chi connectivity index (χ4v) is 2.71. The predicted molar refractivity (Wildman–Crippen MR) is 71.0 cm³/mol. The minimum atomic E-state index is -0.887. The van der Waals surface area contributed by atoms with Crippen molar-refractivity contribution in [3.05, 3.63) is 22.6 Å². The van der Waals surface area contributed by atoms with E-state index in [-0.39, 0.29) is 24.5 Å². The summed E-state index contributed by atoms with van der Waals surface area (Å²) >= 11 is 0. The van der Waals surface area contributed by atoms with Crippen LogP contribution in [0.1, 0.15) is 13.3 Å². The summed E-state index contributed by atoms with van der Waals surface area (Å²) in [6.07, 6.45) is 0.522. The van der Waals surface area contributed by atoms with E-state index in [1.165, 1.54) is 0 Å². The smallest absolute Gasteiger partial charge is 0.261 e. The van der Waals surface area contributed by atoms with Crippen molar-refractivity contribution in [3.8, 4) is 0 Å². The Bertz CT molecular complexity index is 709. The molecule has 0 radical (unpaired) electrons. The van der Waals surface area contributed by atoms with Gasteiger partial charge in [0.25, 0.3) is 5.56 Å². The third kappa shape index (κ3) is 1.80. The van der Waals surface area contributed by atoms with Gasteiger partial charge in [-0.2, -0.15) is 4.98 Å². The number of nitrogens with zero attached hydrogens (tertiary/aromatic N) is 2. The van der Waals surface area contributed by atoms with Gasteiger partial charge in [-0.05, 0) is 13.0 Å². The van der Waals surface area contributed by atoms with Crippen molar-refractivity contribution >= 4 is 17.0 Å². The summed E-state index contributed by atoms with van der Waals surface area (Å²) in [4.78, 5) is 18.3. The van der Waals surface area contributed by atoms with E-state index < -0.39 is 17.9 Å². The highest BCUT2D eigenvalue weighted by Crippen LogP contribution is 2.36. The maximum atomic E-state index is 11.8. The number of aliphatic hydroxyl groups excluding tert-OH is 2. The van der Waals surface area contributed by atoms with E-state index in [4.69, 9.17) is 10.5 Å². The number of ether oxygens (including phenoxy) is 1. The lowest BCUT2D eigenvalue weighted by atomic mass is 10.1. The van der Waals surface area contributed by atoms with E-state index in [0.29, 0.717) is 11.0 Å². The Morgan fingerprint density at radius 3 is 3.10 bits per heavy atom. The molecular formula is C12H16N4O4. The number of nitrogens with two attached hydrogens (primary N) is 1. The molecule has 3 rings (SSSR count). The van der Waals surface area contributed by atoms with Crippen LogP contribution in [-0.2, 0) is 10.5 Å². The molecule has 3 heterocycles. The molecule has 8 nitrogen and oxygen atoms in total. The SMILES string of the molecule is C[C@]1(n2ccc3c(=O)[nH]c(N)nc32)C[C@H](O)[C@@H](CO)O1. The van der Waals surface area contributed by atoms with Crippen LogP contribution in [-0.4, -0.2) is 43.6 Å². The molecule has 0 unspecified atom stereocenters. The molecule has 20 heavy (non-hydrogen) atoms. The van der Waals surface area contributed by atoms with E-state index >= 15 is 0 Å². The van der Waals surface area contributed by atoms with Crippen LogP contribution in [0.5, 0.6) is 0 Å². The number of nitrogens with one attached hydrogen (secondary N) is 1. The Balaban J connectivity index is 2.14. The van der Waals surface area contributed by atoms with Crippen LogP contribution in [0.3, 0.4) is 0 Å². The number of aromatic nitrogens is 3. The molecule has 0 aromatic carbocycles. The summed E-state index contributed by atoms with van der Waals surface area (Å²) in [7, 11) is 0. The van der Waals surface area contributed by atoms with Gasteiger partial charge in [0.15, 0.2) is 5.65 Å². The molecule has 0 aliphatic carbocycles. The van der Waals surface area contributed by atoms with Gasteiger partial charge in [-0.1, -0.05) is 0 Å². The number of nitrogen functional groups attached to an aromatic ring is 1. The third-order valence-corrected chi connectivity index (χ3v) is 3.68. The summed E-state index contributed by atoms with van der Waals surface area (Å²) in [5.41, 5.74) is 4.74. The van der Waals surface area contributed by atoms with Crippen molar-refractivity contribution in [3.63, 3.8) is 0 Å². The van der Waals surface area contributed by atoms with Gasteiger partial charge in [-0.3, -0.25) is 9.78 Å². The standard InChI is InChI=1S/C12H16N4O4/c1-12(4-7(18)8(5-17)20-12)16-3-2-6-9(16)14-11(13)15-10(6)19/h2-3,7-8,17-18H,4-5H2,1H3,(H3,13,14,15,19)/t7-,8+,12+/m0/s1. The number of fused-ring (bicyclic) bond motifs is 1. The monoisotopic (exact) mass is 280 g/mol. The first-order valence-electron chi connectivity index (χ1n) is 6.29. The predicted octanol–water partition coefficient (Wildman–Crippen LogP) is -0.878. The second kappa shape index (κ2) is 4.30. The first-order chi connectivity index (χ1) is 9.44. The summed E-state index contributed by atoms with van der Waals surface area (Å²) in [6.45, 7) is 1.50. The van der Waals surface area contributed by atoms with Gasteiger partial charge in [0, 0.05) is 12.6 Å². The summed E-state index contributed by atoms with van der Waals surface area (Å²) in [5, 5.41) is 19.5. The van der Waals surface area contributed by atoms with Gasteiger partial charge < -0.3 is 25.3 Å². The highest BCUT2D eigenvalue weighted by molar-refractivity contribution is 5.76. The van der Waals surface area contributed by atoms with Crippen LogP contribution in [0, 0.1) is 0 Å². The molecule has 108 valence electrons. The van der Waals surface area contributed by atoms with E-state index in [0.717, 1.165) is 0 Å². The van der Waals surface area contributed by atoms with Gasteiger partial charge in [0.1, 0.15) is 11.8 Å². The molecule has 1 saturated heterocycles. The first kappa shape index (κ1) is 13.1. The lowest BCUT2D eigenvalue weighted by molar-refractivity contribution is -0.103. The molecule has 0 amide bonds. The van der Waals surface area contributed by atoms with Gasteiger partial charge in [-0.15, -0.1) is 0 Å². The molecule has 1 aliphatic rings. The Morgan fingerprint density at radius 1 is 1.70 bits per heavy atom. The fourth-order valence-electron chi connectivity index (χ4n) is 2.71. The molecule has 5 N–H and O–H groups in total. The number of hydrogen-bond donors (Lipinski definition) is 4. The number of anilines is 1. The maximum absolute atomic E-state index is 11.8. The second-order valence-electron chi connectivity index (χ2n) is 5.16. The first-order valence-corrected chi connectivity index (χ1v) is 6.29. The van der Waals surface area contributed by atoms with Gasteiger partial charge >= 0.3 is 0 Å². The zero-order valence-corrected chi connectivity index (χ0v) is 10.9. The Hall–Kier alpha value is -1.90. The van der Waals surface area contributed by atoms with Crippen molar-refractivity contribution in [2.24, 2.45) is 0 Å². The average molecular weight is 280 g/mol. The van der Waals surface area contributed by atoms with Gasteiger partial charge in [-0.25, -0.2) is 0 Å². The quantitative estimate of drug-likeness (QED) is 0.566. The highest BCUT2D eigenvalue weighted by atomic mass is 16.6. The average Bonchev–Trinajstić information content (AvgIpc) is 2.91. The fraction of sp³-hybridized carbons (Fsp3) is 0.500. The van der Waals surface area contributed by atoms with Crippen LogP contribution >= 0.6 is 0 Å². The minimum Gasteiger partial charge on any atom is -0.394 e. The lowest BCUT2D eigenvalue weighted by Crippen LogP contribution is -2.31. The zero-order chi connectivity index (χ0) is 14.5. The third-order valence-electron chi connectivity index (χ3n) is 3.68. The number of hydrogen-bond acceptors (Lipinski definition) is 6. The molecule has 1 fully saturated rings. The van der Waals surface area contributed by atoms with Crippen LogP contribution in [0.15, 0.2) is 17.1 Å². The molecule has 1 aliphatic heterocycles. The van der Waals surface area contributed by atoms with Crippen molar-refractivity contribution in [1.82, 2.24) is 14.5 Å². The summed E-state index contributed by atoms with van der Waals surface area (Å²) in [6, 6.07) is 1.62. The Labute approximate surface area is 113 Å². The van der Waals surface area contributed by atoms with Crippen molar-refractivity contribution in [1.29, 1.82) is 0 Å². The van der Waals surface area contributed by atoms with E-state index in [1.807, 2.05) is 0 Å². The number of aromatic amines is 1. The lowest BCUT2D eigenvalue weighted by Gasteiger charge is -2.26. The van der Waals surface area contributed by atoms with Gasteiger partial charge in [0.2, 0.25) is 5.95 Å². The molecule has 0 spiro atoms. The molecule has 0 bridgehead atoms. The van der Waals surface area contributed by atoms with Crippen molar-refractivity contribution in [2.75, 3.05) is 12.3 Å². The summed E-state index contributed by atoms with van der Waals surface area (Å²) < 4.78 is 7.37. The highest BCUT2D eigenvalue weighted by Gasteiger charge is 2.44. The molecule has 2 aromatic rings. The molecular weight excluding hydrogens is 264 g/mol. The molecule has 8 heteroatoms. The number of aliphatic hydroxyl groups is 2. The van der Waals surface area contributed by atoms with Crippen molar-refractivity contribution in [2.45, 2.75) is 31.3 Å². The van der Waals surface area contributed by atoms with Crippen LogP contribution in [0.4, 0.5) is 5.95 Å². The van der Waals surface area contributed by atoms with E-state index in [1.54, 1.807) is 23.8 Å². The van der Waals surface area contributed by atoms with Crippen LogP contribution in [0.2, 0.25) is 0 Å².